The molecule has 0 spiro atoms. The van der Waals surface area contributed by atoms with Crippen molar-refractivity contribution < 1.29 is 0 Å². The van der Waals surface area contributed by atoms with Crippen molar-refractivity contribution in [1.82, 2.24) is 14.8 Å². The van der Waals surface area contributed by atoms with E-state index in [4.69, 9.17) is 0 Å². The van der Waals surface area contributed by atoms with E-state index in [1.54, 1.807) is 6.20 Å². The molecule has 0 saturated heterocycles. The van der Waals surface area contributed by atoms with Gasteiger partial charge in [-0.05, 0) is 17.7 Å². The minimum Gasteiger partial charge on any atom is -0.256 e. The Balaban J connectivity index is 1.68. The summed E-state index contributed by atoms with van der Waals surface area (Å²) in [6, 6.07) is 19.7. The first-order valence-corrected chi connectivity index (χ1v) is 8.08. The van der Waals surface area contributed by atoms with Gasteiger partial charge in [0.25, 0.3) is 0 Å². The maximum Gasteiger partial charge on any atom is 0.325 e. The van der Waals surface area contributed by atoms with E-state index in [1.807, 2.05) is 54.6 Å². The van der Waals surface area contributed by atoms with Gasteiger partial charge in [0.05, 0.1) is 12.1 Å². The van der Waals surface area contributed by atoms with E-state index < -0.39 is 0 Å². The molecule has 0 aliphatic heterocycles. The predicted octanol–water partition coefficient (Wildman–Crippen LogP) is 3.57. The predicted molar refractivity (Wildman–Crippen MR) is 92.7 cm³/mol. The number of hydrogen-bond donors (Lipinski definition) is 0. The number of benzene rings is 2. The molecule has 2 heterocycles. The Morgan fingerprint density at radius 1 is 1.00 bits per heavy atom. The summed E-state index contributed by atoms with van der Waals surface area (Å²) in [6.07, 6.45) is 1.80. The number of nitrogens with zero attached hydrogens (tertiary/aromatic N) is 3. The number of aromatic nitrogens is 3. The molecule has 0 fully saturated rings. The fourth-order valence-corrected chi connectivity index (χ4v) is 3.25. The summed E-state index contributed by atoms with van der Waals surface area (Å²) in [6.45, 7) is 0.431. The van der Waals surface area contributed by atoms with Crippen LogP contribution in [-0.2, 0) is 6.54 Å². The van der Waals surface area contributed by atoms with Crippen molar-refractivity contribution in [2.75, 3.05) is 0 Å². The second-order valence-corrected chi connectivity index (χ2v) is 6.17. The van der Waals surface area contributed by atoms with Crippen molar-refractivity contribution in [3.8, 4) is 10.6 Å². The van der Waals surface area contributed by atoms with Crippen LogP contribution in [0.5, 0.6) is 0 Å². The second-order valence-electron chi connectivity index (χ2n) is 5.23. The number of hydrogen-bond acceptors (Lipinski definition) is 4. The van der Waals surface area contributed by atoms with E-state index in [9.17, 15) is 4.79 Å². The van der Waals surface area contributed by atoms with Gasteiger partial charge in [0.1, 0.15) is 5.01 Å². The quantitative estimate of drug-likeness (QED) is 0.580. The molecule has 4 aromatic rings. The van der Waals surface area contributed by atoms with Gasteiger partial charge in [-0.25, -0.2) is 4.68 Å². The molecule has 4 rings (SSSR count). The first-order valence-electron chi connectivity index (χ1n) is 7.27. The molecule has 5 heteroatoms. The zero-order valence-corrected chi connectivity index (χ0v) is 13.0. The Hall–Kier alpha value is -2.79. The van der Waals surface area contributed by atoms with Crippen LogP contribution in [0, 0.1) is 0 Å². The van der Waals surface area contributed by atoms with E-state index in [-0.39, 0.29) is 4.87 Å². The van der Waals surface area contributed by atoms with Gasteiger partial charge in [-0.1, -0.05) is 59.9 Å². The highest BCUT2D eigenvalue weighted by molar-refractivity contribution is 7.12. The zero-order chi connectivity index (χ0) is 15.6. The minimum atomic E-state index is -0.0583. The lowest BCUT2D eigenvalue weighted by Crippen LogP contribution is -2.15. The van der Waals surface area contributed by atoms with Crippen molar-refractivity contribution in [3.63, 3.8) is 0 Å². The van der Waals surface area contributed by atoms with Crippen LogP contribution in [0.2, 0.25) is 0 Å². The Labute approximate surface area is 136 Å². The fraction of sp³-hybridized carbons (Fsp3) is 0.0556. The first kappa shape index (κ1) is 13.8. The van der Waals surface area contributed by atoms with Crippen molar-refractivity contribution in [2.45, 2.75) is 6.54 Å². The van der Waals surface area contributed by atoms with Crippen LogP contribution >= 0.6 is 11.3 Å². The molecule has 23 heavy (non-hydrogen) atoms. The van der Waals surface area contributed by atoms with Crippen molar-refractivity contribution >= 4 is 22.2 Å². The molecule has 0 bridgehead atoms. The number of fused-ring (bicyclic) bond motifs is 1. The van der Waals surface area contributed by atoms with Gasteiger partial charge >= 0.3 is 4.87 Å². The molecule has 0 unspecified atom stereocenters. The minimum absolute atomic E-state index is 0.0583. The van der Waals surface area contributed by atoms with E-state index in [1.165, 1.54) is 16.0 Å². The first-order chi connectivity index (χ1) is 11.3. The standard InChI is InChI=1S/C18H13N3OS/c22-18-21(20-17(23-18)14-6-2-1-3-7-14)12-13-10-15-8-4-5-9-16(15)19-11-13/h1-11H,12H2. The summed E-state index contributed by atoms with van der Waals surface area (Å²) in [7, 11) is 0. The molecule has 0 N–H and O–H groups in total. The highest BCUT2D eigenvalue weighted by Gasteiger charge is 2.09. The second kappa shape index (κ2) is 5.78. The van der Waals surface area contributed by atoms with Gasteiger partial charge in [0.2, 0.25) is 0 Å². The average molecular weight is 319 g/mol. The highest BCUT2D eigenvalue weighted by atomic mass is 32.1. The lowest BCUT2D eigenvalue weighted by molar-refractivity contribution is 0.668. The Bertz CT molecular complexity index is 1020. The SMILES string of the molecule is O=c1sc(-c2ccccc2)nn1Cc1cnc2ccccc2c1. The van der Waals surface area contributed by atoms with Crippen LogP contribution in [0.4, 0.5) is 0 Å². The lowest BCUT2D eigenvalue weighted by atomic mass is 10.1. The fourth-order valence-electron chi connectivity index (χ4n) is 2.48. The van der Waals surface area contributed by atoms with Crippen LogP contribution in [0.1, 0.15) is 5.56 Å². The van der Waals surface area contributed by atoms with E-state index in [2.05, 4.69) is 16.1 Å². The molecule has 0 aliphatic rings. The summed E-state index contributed by atoms with van der Waals surface area (Å²) in [5.41, 5.74) is 2.88. The lowest BCUT2D eigenvalue weighted by Gasteiger charge is -2.02. The molecule has 0 aliphatic carbocycles. The molecule has 0 atom stereocenters. The van der Waals surface area contributed by atoms with Crippen LogP contribution in [0.3, 0.4) is 0 Å². The molecular formula is C18H13N3OS. The Morgan fingerprint density at radius 2 is 1.78 bits per heavy atom. The topological polar surface area (TPSA) is 47.8 Å². The number of para-hydroxylation sites is 1. The van der Waals surface area contributed by atoms with Crippen LogP contribution in [-0.4, -0.2) is 14.8 Å². The summed E-state index contributed by atoms with van der Waals surface area (Å²) in [5, 5.41) is 6.26. The zero-order valence-electron chi connectivity index (χ0n) is 12.2. The van der Waals surface area contributed by atoms with Gasteiger partial charge < -0.3 is 0 Å². The molecule has 0 radical (unpaired) electrons. The summed E-state index contributed by atoms with van der Waals surface area (Å²) >= 11 is 1.17. The molecule has 0 saturated carbocycles. The normalized spacial score (nSPS) is 11.0. The van der Waals surface area contributed by atoms with Crippen molar-refractivity contribution in [3.05, 3.63) is 82.1 Å². The van der Waals surface area contributed by atoms with Crippen molar-refractivity contribution in [1.29, 1.82) is 0 Å². The van der Waals surface area contributed by atoms with Crippen LogP contribution in [0.25, 0.3) is 21.5 Å². The third-order valence-corrected chi connectivity index (χ3v) is 4.50. The van der Waals surface area contributed by atoms with Gasteiger partial charge in [0, 0.05) is 17.1 Å². The molecular weight excluding hydrogens is 306 g/mol. The number of rotatable bonds is 3. The molecule has 0 amide bonds. The smallest absolute Gasteiger partial charge is 0.256 e. The maximum absolute atomic E-state index is 12.2. The van der Waals surface area contributed by atoms with Crippen LogP contribution < -0.4 is 4.87 Å². The molecule has 112 valence electrons. The highest BCUT2D eigenvalue weighted by Crippen LogP contribution is 2.19. The van der Waals surface area contributed by atoms with Gasteiger partial charge in [-0.15, -0.1) is 0 Å². The van der Waals surface area contributed by atoms with Crippen LogP contribution in [0.15, 0.2) is 71.7 Å². The molecule has 2 aromatic carbocycles. The maximum atomic E-state index is 12.2. The van der Waals surface area contributed by atoms with Gasteiger partial charge in [0.15, 0.2) is 0 Å². The summed E-state index contributed by atoms with van der Waals surface area (Å²) < 4.78 is 1.50. The molecule has 2 aromatic heterocycles. The summed E-state index contributed by atoms with van der Waals surface area (Å²) in [5.74, 6) is 0. The Kier molecular flexibility index (Phi) is 3.48. The van der Waals surface area contributed by atoms with Gasteiger partial charge in [-0.3, -0.25) is 9.78 Å². The number of pyridine rings is 1. The molecule has 4 nitrogen and oxygen atoms in total. The Morgan fingerprint density at radius 3 is 2.65 bits per heavy atom. The summed E-state index contributed by atoms with van der Waals surface area (Å²) in [4.78, 5) is 16.6. The third kappa shape index (κ3) is 2.78. The average Bonchev–Trinajstić information content (AvgIpc) is 2.96. The third-order valence-electron chi connectivity index (χ3n) is 3.61. The van der Waals surface area contributed by atoms with Gasteiger partial charge in [-0.2, -0.15) is 5.10 Å². The largest absolute Gasteiger partial charge is 0.325 e. The van der Waals surface area contributed by atoms with Crippen molar-refractivity contribution in [2.24, 2.45) is 0 Å². The van der Waals surface area contributed by atoms with E-state index in [0.717, 1.165) is 27.0 Å². The monoisotopic (exact) mass is 319 g/mol. The van der Waals surface area contributed by atoms with E-state index in [0.29, 0.717) is 6.54 Å². The van der Waals surface area contributed by atoms with E-state index >= 15 is 0 Å².